The van der Waals surface area contributed by atoms with Crippen LogP contribution in [0.25, 0.3) is 44.5 Å². The molecule has 0 N–H and O–H groups in total. The Morgan fingerprint density at radius 3 is 1.84 bits per heavy atom. The minimum absolute atomic E-state index is 0.214. The first-order chi connectivity index (χ1) is 25.1. The van der Waals surface area contributed by atoms with Crippen molar-refractivity contribution in [3.05, 3.63) is 197 Å². The number of fused-ring (bicyclic) bond motifs is 6. The third-order valence-corrected chi connectivity index (χ3v) is 10.6. The van der Waals surface area contributed by atoms with Gasteiger partial charge in [-0.15, -0.1) is 0 Å². The van der Waals surface area contributed by atoms with E-state index in [0.29, 0.717) is 17.0 Å². The topological polar surface area (TPSA) is 37.4 Å². The standard InChI is InChI=1S/C48H31NO2/c50-47-44-28-35-11-5-6-12-36(35)29-45(44)48(51)46(47)22-30-13-14-39-26-42(19-16-37(39)21-30)49(41-18-15-31-7-1-2-10-34(31)25-41)43-20-17-38-23-32-8-3-4-9-33(32)24-40(38)27-43/h1-22,24-29,32H,23H2. The van der Waals surface area contributed by atoms with E-state index in [4.69, 9.17) is 0 Å². The minimum Gasteiger partial charge on any atom is -0.310 e. The van der Waals surface area contributed by atoms with E-state index in [9.17, 15) is 9.59 Å². The number of hydrogen-bond acceptors (Lipinski definition) is 3. The Bertz CT molecular complexity index is 2720. The van der Waals surface area contributed by atoms with Crippen LogP contribution in [0.4, 0.5) is 17.1 Å². The van der Waals surface area contributed by atoms with Crippen LogP contribution in [0.5, 0.6) is 0 Å². The Labute approximate surface area is 295 Å². The second kappa shape index (κ2) is 11.5. The van der Waals surface area contributed by atoms with Crippen LogP contribution in [0.1, 0.15) is 37.4 Å². The predicted molar refractivity (Wildman–Crippen MR) is 210 cm³/mol. The highest BCUT2D eigenvalue weighted by molar-refractivity contribution is 6.42. The fourth-order valence-electron chi connectivity index (χ4n) is 7.95. The molecule has 240 valence electrons. The zero-order chi connectivity index (χ0) is 34.1. The molecule has 3 heteroatoms. The molecule has 10 rings (SSSR count). The van der Waals surface area contributed by atoms with Crippen LogP contribution >= 0.6 is 0 Å². The molecule has 0 amide bonds. The van der Waals surface area contributed by atoms with Crippen molar-refractivity contribution in [3.8, 4) is 0 Å². The number of rotatable bonds is 4. The Morgan fingerprint density at radius 1 is 0.549 bits per heavy atom. The summed E-state index contributed by atoms with van der Waals surface area (Å²) in [6.07, 6.45) is 13.9. The number of anilines is 3. The van der Waals surface area contributed by atoms with Crippen molar-refractivity contribution in [2.45, 2.75) is 6.42 Å². The molecule has 7 aromatic carbocycles. The van der Waals surface area contributed by atoms with Crippen LogP contribution < -0.4 is 4.90 Å². The summed E-state index contributed by atoms with van der Waals surface area (Å²) in [7, 11) is 0. The Morgan fingerprint density at radius 2 is 1.12 bits per heavy atom. The number of carbonyl (C=O) groups is 2. The molecule has 0 fully saturated rings. The van der Waals surface area contributed by atoms with E-state index >= 15 is 0 Å². The first kappa shape index (κ1) is 29.3. The molecule has 0 bridgehead atoms. The molecule has 0 saturated carbocycles. The number of carbonyl (C=O) groups excluding carboxylic acids is 2. The molecule has 1 unspecified atom stereocenters. The first-order valence-electron chi connectivity index (χ1n) is 17.4. The average Bonchev–Trinajstić information content (AvgIpc) is 3.39. The number of Topliss-reactive ketones (excluding diaryl/α,β-unsaturated/α-hetero) is 2. The van der Waals surface area contributed by atoms with Gasteiger partial charge in [-0.3, -0.25) is 9.59 Å². The summed E-state index contributed by atoms with van der Waals surface area (Å²) in [6.45, 7) is 0. The monoisotopic (exact) mass is 653 g/mol. The van der Waals surface area contributed by atoms with Gasteiger partial charge in [0, 0.05) is 34.1 Å². The molecule has 0 spiro atoms. The normalized spacial score (nSPS) is 16.0. The Balaban J connectivity index is 1.04. The van der Waals surface area contributed by atoms with Crippen LogP contribution in [0.15, 0.2) is 169 Å². The lowest BCUT2D eigenvalue weighted by atomic mass is 9.81. The number of benzene rings is 7. The summed E-state index contributed by atoms with van der Waals surface area (Å²) in [5.74, 6) is 0.00940. The molecule has 51 heavy (non-hydrogen) atoms. The van der Waals surface area contributed by atoms with E-state index in [1.807, 2.05) is 42.5 Å². The highest BCUT2D eigenvalue weighted by Crippen LogP contribution is 2.41. The molecule has 7 aromatic rings. The van der Waals surface area contributed by atoms with Gasteiger partial charge in [-0.1, -0.05) is 109 Å². The maximum Gasteiger partial charge on any atom is 0.197 e. The van der Waals surface area contributed by atoms with Crippen molar-refractivity contribution >= 4 is 73.1 Å². The number of allylic oxidation sites excluding steroid dienone is 6. The minimum atomic E-state index is -0.214. The van der Waals surface area contributed by atoms with Gasteiger partial charge in [0.25, 0.3) is 0 Å². The lowest BCUT2D eigenvalue weighted by Crippen LogP contribution is -2.14. The highest BCUT2D eigenvalue weighted by Gasteiger charge is 2.33. The molecule has 3 aliphatic carbocycles. The molecule has 3 nitrogen and oxygen atoms in total. The van der Waals surface area contributed by atoms with Crippen molar-refractivity contribution in [2.24, 2.45) is 5.92 Å². The molecule has 0 aromatic heterocycles. The van der Waals surface area contributed by atoms with Gasteiger partial charge in [0.2, 0.25) is 0 Å². The third kappa shape index (κ3) is 4.97. The lowest BCUT2D eigenvalue weighted by molar-refractivity contribution is 0.0990. The second-order valence-electron chi connectivity index (χ2n) is 13.7. The van der Waals surface area contributed by atoms with Gasteiger partial charge in [0.15, 0.2) is 11.6 Å². The molecular weight excluding hydrogens is 623 g/mol. The SMILES string of the molecule is O=C1C(=Cc2ccc3cc(N(c4ccc5c(c4)C=C4C=CC=CC4C5)c4ccc5ccccc5c4)ccc3c2)C(=O)c2cc3ccccc3cc21. The molecule has 0 aliphatic heterocycles. The van der Waals surface area contributed by atoms with E-state index in [2.05, 4.69) is 126 Å². The molecule has 0 saturated heterocycles. The van der Waals surface area contributed by atoms with E-state index in [1.165, 1.54) is 27.5 Å². The molecule has 1 atom stereocenters. The largest absolute Gasteiger partial charge is 0.310 e. The fraction of sp³-hybridized carbons (Fsp3) is 0.0417. The maximum absolute atomic E-state index is 13.4. The van der Waals surface area contributed by atoms with Crippen molar-refractivity contribution in [2.75, 3.05) is 4.90 Å². The fourth-order valence-corrected chi connectivity index (χ4v) is 7.95. The second-order valence-corrected chi connectivity index (χ2v) is 13.7. The van der Waals surface area contributed by atoms with Crippen molar-refractivity contribution in [1.82, 2.24) is 0 Å². The van der Waals surface area contributed by atoms with Gasteiger partial charge in [-0.25, -0.2) is 0 Å². The lowest BCUT2D eigenvalue weighted by Gasteiger charge is -2.29. The number of hydrogen-bond donors (Lipinski definition) is 0. The van der Waals surface area contributed by atoms with Crippen LogP contribution in [0.3, 0.4) is 0 Å². The molecular formula is C48H31NO2. The summed E-state index contributed by atoms with van der Waals surface area (Å²) in [4.78, 5) is 29.2. The van der Waals surface area contributed by atoms with Crippen molar-refractivity contribution in [3.63, 3.8) is 0 Å². The molecule has 0 radical (unpaired) electrons. The smallest absolute Gasteiger partial charge is 0.197 e. The van der Waals surface area contributed by atoms with Gasteiger partial charge in [-0.2, -0.15) is 0 Å². The predicted octanol–water partition coefficient (Wildman–Crippen LogP) is 11.8. The summed E-state index contributed by atoms with van der Waals surface area (Å²) < 4.78 is 0. The number of nitrogens with zero attached hydrogens (tertiary/aromatic N) is 1. The molecule has 0 heterocycles. The van der Waals surface area contributed by atoms with E-state index in [-0.39, 0.29) is 17.1 Å². The third-order valence-electron chi connectivity index (χ3n) is 10.6. The summed E-state index contributed by atoms with van der Waals surface area (Å²) in [6, 6.07) is 46.1. The molecule has 3 aliphatic rings. The van der Waals surface area contributed by atoms with Gasteiger partial charge < -0.3 is 4.90 Å². The van der Waals surface area contributed by atoms with Gasteiger partial charge in [-0.05, 0) is 122 Å². The summed E-state index contributed by atoms with van der Waals surface area (Å²) in [5, 5.41) is 6.41. The average molecular weight is 654 g/mol. The highest BCUT2D eigenvalue weighted by atomic mass is 16.2. The van der Waals surface area contributed by atoms with E-state index < -0.39 is 0 Å². The van der Waals surface area contributed by atoms with E-state index in [0.717, 1.165) is 50.6 Å². The zero-order valence-electron chi connectivity index (χ0n) is 27.7. The van der Waals surface area contributed by atoms with Gasteiger partial charge in [0.1, 0.15) is 0 Å². The Hall–Kier alpha value is -6.58. The van der Waals surface area contributed by atoms with Crippen LogP contribution in [-0.2, 0) is 6.42 Å². The van der Waals surface area contributed by atoms with Gasteiger partial charge >= 0.3 is 0 Å². The van der Waals surface area contributed by atoms with Crippen LogP contribution in [0.2, 0.25) is 0 Å². The van der Waals surface area contributed by atoms with Crippen LogP contribution in [0, 0.1) is 5.92 Å². The van der Waals surface area contributed by atoms with Gasteiger partial charge in [0.05, 0.1) is 5.57 Å². The summed E-state index contributed by atoms with van der Waals surface area (Å²) >= 11 is 0. The maximum atomic E-state index is 13.4. The zero-order valence-corrected chi connectivity index (χ0v) is 27.7. The quantitative estimate of drug-likeness (QED) is 0.140. The number of ketones is 2. The van der Waals surface area contributed by atoms with E-state index in [1.54, 1.807) is 6.08 Å². The van der Waals surface area contributed by atoms with Crippen molar-refractivity contribution in [1.29, 1.82) is 0 Å². The first-order valence-corrected chi connectivity index (χ1v) is 17.4. The summed E-state index contributed by atoms with van der Waals surface area (Å²) in [5.41, 5.74) is 9.21. The van der Waals surface area contributed by atoms with Crippen molar-refractivity contribution < 1.29 is 9.59 Å². The Kier molecular flexibility index (Phi) is 6.62. The van der Waals surface area contributed by atoms with Crippen LogP contribution in [-0.4, -0.2) is 11.6 Å².